The summed E-state index contributed by atoms with van der Waals surface area (Å²) in [7, 11) is -3.21. The van der Waals surface area contributed by atoms with Gasteiger partial charge in [-0.3, -0.25) is 9.36 Å². The van der Waals surface area contributed by atoms with E-state index in [-0.39, 0.29) is 35.6 Å². The molecular weight excluding hydrogens is 550 g/mol. The first-order valence-corrected chi connectivity index (χ1v) is 12.6. The molecule has 2 aromatic carbocycles. The quantitative estimate of drug-likeness (QED) is 0.413. The van der Waals surface area contributed by atoms with Crippen LogP contribution >= 0.6 is 15.9 Å². The van der Waals surface area contributed by atoms with Gasteiger partial charge in [0, 0.05) is 17.6 Å². The highest BCUT2D eigenvalue weighted by atomic mass is 79.9. The van der Waals surface area contributed by atoms with E-state index in [2.05, 4.69) is 20.9 Å². The van der Waals surface area contributed by atoms with Crippen molar-refractivity contribution in [2.75, 3.05) is 13.7 Å². The summed E-state index contributed by atoms with van der Waals surface area (Å²) >= 11 is 3.21. The van der Waals surface area contributed by atoms with Crippen molar-refractivity contribution in [2.24, 2.45) is 0 Å². The molecule has 0 fully saturated rings. The lowest BCUT2D eigenvalue weighted by Gasteiger charge is -2.26. The third-order valence-electron chi connectivity index (χ3n) is 4.98. The Kier molecular flexibility index (Phi) is 8.42. The molecule has 0 aliphatic rings. The first kappa shape index (κ1) is 26.9. The van der Waals surface area contributed by atoms with Crippen molar-refractivity contribution >= 4 is 25.8 Å². The smallest absolute Gasteiger partial charge is 0.296 e. The number of methoxy groups -OCH3 is 1. The van der Waals surface area contributed by atoms with E-state index in [1.165, 1.54) is 31.4 Å². The minimum absolute atomic E-state index is 0.0166. The lowest BCUT2D eigenvalue weighted by molar-refractivity contribution is 0.0554. The van der Waals surface area contributed by atoms with Gasteiger partial charge in [-0.05, 0) is 55.8 Å². The maximum Gasteiger partial charge on any atom is 0.296 e. The van der Waals surface area contributed by atoms with Crippen molar-refractivity contribution in [3.8, 4) is 5.88 Å². The zero-order valence-corrected chi connectivity index (χ0v) is 21.4. The summed E-state index contributed by atoms with van der Waals surface area (Å²) in [6.07, 6.45) is -0.304. The molecule has 12 heteroatoms. The average molecular weight is 573 g/mol. The number of rotatable bonds is 9. The van der Waals surface area contributed by atoms with Crippen molar-refractivity contribution in [3.05, 3.63) is 80.3 Å². The van der Waals surface area contributed by atoms with E-state index >= 15 is 0 Å². The van der Waals surface area contributed by atoms with Crippen LogP contribution in [-0.4, -0.2) is 42.9 Å². The Bertz CT molecular complexity index is 1360. The number of nitrogens with zero attached hydrogens (tertiary/aromatic N) is 2. The van der Waals surface area contributed by atoms with Gasteiger partial charge in [-0.25, -0.2) is 17.2 Å². The van der Waals surface area contributed by atoms with Crippen LogP contribution < -0.4 is 5.56 Å². The largest absolute Gasteiger partial charge is 0.493 e. The van der Waals surface area contributed by atoms with Gasteiger partial charge in [0.2, 0.25) is 15.7 Å². The molecule has 1 heterocycles. The molecule has 3 rings (SSSR count). The minimum Gasteiger partial charge on any atom is -0.493 e. The number of benzene rings is 2. The van der Waals surface area contributed by atoms with Gasteiger partial charge < -0.3 is 14.6 Å². The highest BCUT2D eigenvalue weighted by molar-refractivity contribution is 9.10. The molecule has 0 saturated heterocycles. The number of sulfone groups is 1. The summed E-state index contributed by atoms with van der Waals surface area (Å²) in [5, 5.41) is 11.2. The van der Waals surface area contributed by atoms with Crippen LogP contribution in [0.15, 0.2) is 61.5 Å². The Morgan fingerprint density at radius 2 is 1.71 bits per heavy atom. The molecule has 0 aliphatic heterocycles. The second-order valence-corrected chi connectivity index (χ2v) is 10.6. The molecule has 35 heavy (non-hydrogen) atoms. The van der Waals surface area contributed by atoms with E-state index in [0.717, 1.165) is 16.7 Å². The summed E-state index contributed by atoms with van der Waals surface area (Å²) in [6, 6.07) is 6.99. The molecule has 1 aromatic heterocycles. The molecular formula is C23H23BrF2N2O6S. The normalized spacial score (nSPS) is 12.8. The second kappa shape index (κ2) is 10.9. The fourth-order valence-corrected chi connectivity index (χ4v) is 5.04. The van der Waals surface area contributed by atoms with Crippen LogP contribution in [0.5, 0.6) is 5.88 Å². The zero-order valence-electron chi connectivity index (χ0n) is 19.0. The van der Waals surface area contributed by atoms with Crippen LogP contribution in [0.2, 0.25) is 0 Å². The average Bonchev–Trinajstić information content (AvgIpc) is 2.76. The monoisotopic (exact) mass is 572 g/mol. The maximum atomic E-state index is 14.0. The van der Waals surface area contributed by atoms with Crippen LogP contribution in [-0.2, 0) is 25.9 Å². The van der Waals surface area contributed by atoms with Crippen molar-refractivity contribution in [2.45, 2.75) is 42.4 Å². The second-order valence-electron chi connectivity index (χ2n) is 7.85. The van der Waals surface area contributed by atoms with Crippen molar-refractivity contribution < 1.29 is 31.8 Å². The van der Waals surface area contributed by atoms with Crippen LogP contribution in [0.3, 0.4) is 0 Å². The van der Waals surface area contributed by atoms with Gasteiger partial charge in [-0.2, -0.15) is 4.98 Å². The number of halogens is 3. The SMILES string of the molecule is COC[C@@H](c1cc(F)cc(F)c1)n1c(COC(C)C)nc(=O)c(S(=O)(=O)c2ccc(Br)cc2)c1O. The van der Waals surface area contributed by atoms with Gasteiger partial charge >= 0.3 is 0 Å². The van der Waals surface area contributed by atoms with E-state index in [1.54, 1.807) is 13.8 Å². The summed E-state index contributed by atoms with van der Waals surface area (Å²) < 4.78 is 67.1. The molecule has 1 N–H and O–H groups in total. The molecule has 0 spiro atoms. The van der Waals surface area contributed by atoms with Crippen molar-refractivity contribution in [1.29, 1.82) is 0 Å². The highest BCUT2D eigenvalue weighted by Gasteiger charge is 2.32. The fourth-order valence-electron chi connectivity index (χ4n) is 3.43. The molecule has 0 unspecified atom stereocenters. The molecule has 3 aromatic rings. The molecule has 0 aliphatic carbocycles. The van der Waals surface area contributed by atoms with Crippen LogP contribution in [0.25, 0.3) is 0 Å². The number of aromatic nitrogens is 2. The summed E-state index contributed by atoms with van der Waals surface area (Å²) in [6.45, 7) is 2.91. The third-order valence-corrected chi connectivity index (χ3v) is 7.29. The van der Waals surface area contributed by atoms with Gasteiger partial charge in [0.25, 0.3) is 5.56 Å². The summed E-state index contributed by atoms with van der Waals surface area (Å²) in [5.41, 5.74) is -1.19. The molecule has 0 bridgehead atoms. The van der Waals surface area contributed by atoms with Crippen LogP contribution in [0.1, 0.15) is 31.3 Å². The fraction of sp³-hybridized carbons (Fsp3) is 0.304. The lowest BCUT2D eigenvalue weighted by Crippen LogP contribution is -2.30. The standard InChI is InChI=1S/C23H23BrF2N2O6S/c1-13(2)34-12-20-27-22(29)21(35(31,32)18-6-4-15(24)5-7-18)23(30)28(20)19(11-33-3)14-8-16(25)10-17(26)9-14/h4-10,13,19,30H,11-12H2,1-3H3/t19-/m0/s1. The van der Waals surface area contributed by atoms with E-state index < -0.39 is 43.8 Å². The van der Waals surface area contributed by atoms with E-state index in [9.17, 15) is 27.1 Å². The van der Waals surface area contributed by atoms with Gasteiger partial charge in [0.05, 0.1) is 23.6 Å². The van der Waals surface area contributed by atoms with Gasteiger partial charge in [0.1, 0.15) is 24.1 Å². The first-order chi connectivity index (χ1) is 16.4. The molecule has 8 nitrogen and oxygen atoms in total. The van der Waals surface area contributed by atoms with E-state index in [0.29, 0.717) is 10.5 Å². The van der Waals surface area contributed by atoms with Crippen molar-refractivity contribution in [1.82, 2.24) is 9.55 Å². The maximum absolute atomic E-state index is 14.0. The topological polar surface area (TPSA) is 108 Å². The molecule has 0 radical (unpaired) electrons. The van der Waals surface area contributed by atoms with Crippen LogP contribution in [0, 0.1) is 11.6 Å². The predicted octanol–water partition coefficient (Wildman–Crippen LogP) is 3.98. The van der Waals surface area contributed by atoms with Crippen molar-refractivity contribution in [3.63, 3.8) is 0 Å². The summed E-state index contributed by atoms with van der Waals surface area (Å²) in [5.74, 6) is -2.89. The van der Waals surface area contributed by atoms with E-state index in [1.807, 2.05) is 0 Å². The van der Waals surface area contributed by atoms with Gasteiger partial charge in [-0.1, -0.05) is 15.9 Å². The number of hydrogen-bond donors (Lipinski definition) is 1. The molecule has 0 saturated carbocycles. The molecule has 1 atom stereocenters. The zero-order chi connectivity index (χ0) is 25.9. The van der Waals surface area contributed by atoms with Gasteiger partial charge in [0.15, 0.2) is 4.90 Å². The highest BCUT2D eigenvalue weighted by Crippen LogP contribution is 2.32. The third kappa shape index (κ3) is 5.95. The Labute approximate surface area is 209 Å². The lowest BCUT2D eigenvalue weighted by atomic mass is 10.1. The summed E-state index contributed by atoms with van der Waals surface area (Å²) in [4.78, 5) is 15.5. The molecule has 188 valence electrons. The molecule has 0 amide bonds. The minimum atomic E-state index is -4.53. The number of aromatic hydroxyl groups is 1. The van der Waals surface area contributed by atoms with E-state index in [4.69, 9.17) is 9.47 Å². The number of hydrogen-bond acceptors (Lipinski definition) is 7. The predicted molar refractivity (Wildman–Crippen MR) is 126 cm³/mol. The Hall–Kier alpha value is -2.67. The Morgan fingerprint density at radius 3 is 2.26 bits per heavy atom. The van der Waals surface area contributed by atoms with Gasteiger partial charge in [-0.15, -0.1) is 0 Å². The number of ether oxygens (including phenoxy) is 2. The Morgan fingerprint density at radius 1 is 1.11 bits per heavy atom. The van der Waals surface area contributed by atoms with Crippen LogP contribution in [0.4, 0.5) is 8.78 Å². The first-order valence-electron chi connectivity index (χ1n) is 10.4. The Balaban J connectivity index is 2.33.